The quantitative estimate of drug-likeness (QED) is 0.664. The van der Waals surface area contributed by atoms with E-state index in [1.54, 1.807) is 6.20 Å². The summed E-state index contributed by atoms with van der Waals surface area (Å²) in [5, 5.41) is 7.84. The third-order valence-electron chi connectivity index (χ3n) is 4.42. The predicted molar refractivity (Wildman–Crippen MR) is 107 cm³/mol. The van der Waals surface area contributed by atoms with Gasteiger partial charge in [-0.25, -0.2) is 18.5 Å². The van der Waals surface area contributed by atoms with E-state index in [4.69, 9.17) is 5.14 Å². The first-order chi connectivity index (χ1) is 13.4. The number of fused-ring (bicyclic) bond motifs is 1. The van der Waals surface area contributed by atoms with E-state index in [1.807, 2.05) is 36.4 Å². The number of nitrogens with two attached hydrogens (primary N) is 1. The summed E-state index contributed by atoms with van der Waals surface area (Å²) in [5.74, 6) is -0.271. The van der Waals surface area contributed by atoms with Gasteiger partial charge in [-0.3, -0.25) is 9.79 Å². The van der Waals surface area contributed by atoms with Gasteiger partial charge in [-0.1, -0.05) is 30.3 Å². The molecule has 0 bridgehead atoms. The van der Waals surface area contributed by atoms with Crippen LogP contribution in [0.4, 0.5) is 11.5 Å². The fraction of sp³-hybridized carbons (Fsp3) is 0.0500. The van der Waals surface area contributed by atoms with Crippen LogP contribution in [-0.2, 0) is 14.8 Å². The second-order valence-corrected chi connectivity index (χ2v) is 7.87. The van der Waals surface area contributed by atoms with Crippen molar-refractivity contribution in [1.82, 2.24) is 4.98 Å². The van der Waals surface area contributed by atoms with Gasteiger partial charge in [0.2, 0.25) is 15.9 Å². The summed E-state index contributed by atoms with van der Waals surface area (Å²) < 4.78 is 22.6. The Balaban J connectivity index is 1.63. The van der Waals surface area contributed by atoms with Gasteiger partial charge in [-0.05, 0) is 35.9 Å². The average Bonchev–Trinajstić information content (AvgIpc) is 3.01. The maximum Gasteiger partial charge on any atom is 0.238 e. The SMILES string of the molecule is NS(=O)(=O)c1ccc(N=CC2C(=O)Nc3ncc(-c4ccccc4)cc32)cc1. The molecule has 2 aromatic carbocycles. The molecule has 1 aromatic heterocycles. The Morgan fingerprint density at radius 3 is 2.43 bits per heavy atom. The van der Waals surface area contributed by atoms with E-state index in [0.717, 1.165) is 16.7 Å². The topological polar surface area (TPSA) is 115 Å². The van der Waals surface area contributed by atoms with E-state index in [9.17, 15) is 13.2 Å². The average molecular weight is 392 g/mol. The van der Waals surface area contributed by atoms with Crippen molar-refractivity contribution in [2.75, 3.05) is 5.32 Å². The maximum absolute atomic E-state index is 12.3. The molecule has 4 rings (SSSR count). The Bertz CT molecular complexity index is 1170. The summed E-state index contributed by atoms with van der Waals surface area (Å²) >= 11 is 0. The summed E-state index contributed by atoms with van der Waals surface area (Å²) in [5.41, 5.74) is 3.18. The normalized spacial score (nSPS) is 16.2. The first kappa shape index (κ1) is 18.0. The van der Waals surface area contributed by atoms with Gasteiger partial charge in [0.1, 0.15) is 11.7 Å². The molecule has 140 valence electrons. The van der Waals surface area contributed by atoms with Crippen molar-refractivity contribution in [3.63, 3.8) is 0 Å². The van der Waals surface area contributed by atoms with Crippen molar-refractivity contribution in [2.45, 2.75) is 10.8 Å². The number of carbonyl (C=O) groups is 1. The lowest BCUT2D eigenvalue weighted by atomic mass is 9.99. The molecule has 1 atom stereocenters. The van der Waals surface area contributed by atoms with Gasteiger partial charge >= 0.3 is 0 Å². The maximum atomic E-state index is 12.3. The molecular weight excluding hydrogens is 376 g/mol. The lowest BCUT2D eigenvalue weighted by Crippen LogP contribution is -2.13. The van der Waals surface area contributed by atoms with Crippen LogP contribution < -0.4 is 10.5 Å². The Hall–Kier alpha value is -3.36. The zero-order valence-corrected chi connectivity index (χ0v) is 15.4. The van der Waals surface area contributed by atoms with Gasteiger partial charge in [0, 0.05) is 23.5 Å². The lowest BCUT2D eigenvalue weighted by molar-refractivity contribution is -0.115. The summed E-state index contributed by atoms with van der Waals surface area (Å²) in [4.78, 5) is 21.0. The minimum absolute atomic E-state index is 0.00658. The van der Waals surface area contributed by atoms with E-state index in [1.165, 1.54) is 30.5 Å². The van der Waals surface area contributed by atoms with Crippen LogP contribution >= 0.6 is 0 Å². The van der Waals surface area contributed by atoms with E-state index >= 15 is 0 Å². The van der Waals surface area contributed by atoms with Gasteiger partial charge in [0.15, 0.2) is 0 Å². The fourth-order valence-corrected chi connectivity index (χ4v) is 3.49. The number of sulfonamides is 1. The molecule has 8 heteroatoms. The standard InChI is InChI=1S/C20H16N4O3S/c21-28(26,27)16-8-6-15(7-9-16)22-12-18-17-10-14(13-4-2-1-3-5-13)11-23-19(17)24-20(18)25/h1-12,18H,(H2,21,26,27)(H,23,24,25). The molecule has 1 aliphatic rings. The number of nitrogens with zero attached hydrogens (tertiary/aromatic N) is 2. The highest BCUT2D eigenvalue weighted by molar-refractivity contribution is 7.89. The Morgan fingerprint density at radius 1 is 1.04 bits per heavy atom. The van der Waals surface area contributed by atoms with E-state index < -0.39 is 15.9 Å². The summed E-state index contributed by atoms with van der Waals surface area (Å²) in [6.07, 6.45) is 3.25. The van der Waals surface area contributed by atoms with Gasteiger partial charge < -0.3 is 5.32 Å². The van der Waals surface area contributed by atoms with Crippen molar-refractivity contribution in [3.8, 4) is 11.1 Å². The molecule has 1 amide bonds. The number of aliphatic imine (C=N–C) groups is 1. The van der Waals surface area contributed by atoms with Crippen molar-refractivity contribution < 1.29 is 13.2 Å². The highest BCUT2D eigenvalue weighted by atomic mass is 32.2. The number of primary sulfonamides is 1. The third kappa shape index (κ3) is 3.55. The number of hydrogen-bond donors (Lipinski definition) is 2. The first-order valence-corrected chi connectivity index (χ1v) is 10.00. The molecule has 3 aromatic rings. The van der Waals surface area contributed by atoms with Crippen LogP contribution in [0.1, 0.15) is 11.5 Å². The summed E-state index contributed by atoms with van der Waals surface area (Å²) in [6.45, 7) is 0. The van der Waals surface area contributed by atoms with Crippen molar-refractivity contribution in [2.24, 2.45) is 10.1 Å². The second kappa shape index (κ2) is 6.99. The third-order valence-corrected chi connectivity index (χ3v) is 5.35. The largest absolute Gasteiger partial charge is 0.310 e. The van der Waals surface area contributed by atoms with E-state index in [2.05, 4.69) is 15.3 Å². The van der Waals surface area contributed by atoms with Crippen molar-refractivity contribution in [3.05, 3.63) is 72.4 Å². The number of rotatable bonds is 4. The number of anilines is 1. The van der Waals surface area contributed by atoms with Crippen LogP contribution in [0.25, 0.3) is 11.1 Å². The second-order valence-electron chi connectivity index (χ2n) is 6.31. The molecule has 0 spiro atoms. The highest BCUT2D eigenvalue weighted by Crippen LogP contribution is 2.33. The number of hydrogen-bond acceptors (Lipinski definition) is 5. The van der Waals surface area contributed by atoms with E-state index in [-0.39, 0.29) is 10.8 Å². The molecule has 0 radical (unpaired) electrons. The number of aromatic nitrogens is 1. The lowest BCUT2D eigenvalue weighted by Gasteiger charge is -2.06. The summed E-state index contributed by atoms with van der Waals surface area (Å²) in [7, 11) is -3.75. The fourth-order valence-electron chi connectivity index (χ4n) is 2.98. The molecule has 7 nitrogen and oxygen atoms in total. The zero-order chi connectivity index (χ0) is 19.7. The molecule has 0 saturated carbocycles. The first-order valence-electron chi connectivity index (χ1n) is 8.45. The number of benzene rings is 2. The molecule has 1 aliphatic heterocycles. The molecule has 28 heavy (non-hydrogen) atoms. The van der Waals surface area contributed by atoms with E-state index in [0.29, 0.717) is 11.5 Å². The van der Waals surface area contributed by atoms with Crippen molar-refractivity contribution >= 4 is 33.7 Å². The van der Waals surface area contributed by atoms with Crippen LogP contribution in [0.5, 0.6) is 0 Å². The summed E-state index contributed by atoms with van der Waals surface area (Å²) in [6, 6.07) is 17.5. The molecular formula is C20H16N4O3S. The highest BCUT2D eigenvalue weighted by Gasteiger charge is 2.30. The molecule has 0 saturated heterocycles. The molecule has 0 fully saturated rings. The monoisotopic (exact) mass is 392 g/mol. The van der Waals surface area contributed by atoms with Crippen molar-refractivity contribution in [1.29, 1.82) is 0 Å². The van der Waals surface area contributed by atoms with Crippen LogP contribution in [0.3, 0.4) is 0 Å². The van der Waals surface area contributed by atoms with Gasteiger partial charge in [0.25, 0.3) is 0 Å². The Labute approximate surface area is 162 Å². The predicted octanol–water partition coefficient (Wildman–Crippen LogP) is 2.83. The molecule has 3 N–H and O–H groups in total. The number of amides is 1. The van der Waals surface area contributed by atoms with Crippen LogP contribution in [0, 0.1) is 0 Å². The van der Waals surface area contributed by atoms with Gasteiger partial charge in [-0.2, -0.15) is 0 Å². The minimum atomic E-state index is -3.75. The smallest absolute Gasteiger partial charge is 0.238 e. The Morgan fingerprint density at radius 2 is 1.75 bits per heavy atom. The van der Waals surface area contributed by atoms with Gasteiger partial charge in [0.05, 0.1) is 10.6 Å². The zero-order valence-electron chi connectivity index (χ0n) is 14.6. The number of carbonyl (C=O) groups excluding carboxylic acids is 1. The number of nitrogens with one attached hydrogen (secondary N) is 1. The Kier molecular flexibility index (Phi) is 4.50. The van der Waals surface area contributed by atoms with Crippen LogP contribution in [0.15, 0.2) is 76.7 Å². The van der Waals surface area contributed by atoms with Gasteiger partial charge in [-0.15, -0.1) is 0 Å². The molecule has 1 unspecified atom stereocenters. The molecule has 0 aliphatic carbocycles. The van der Waals surface area contributed by atoms with Crippen LogP contribution in [0.2, 0.25) is 0 Å². The molecule has 2 heterocycles. The van der Waals surface area contributed by atoms with Crippen LogP contribution in [-0.4, -0.2) is 25.5 Å². The minimum Gasteiger partial charge on any atom is -0.310 e. The number of pyridine rings is 1.